The van der Waals surface area contributed by atoms with Crippen LogP contribution in [0.4, 0.5) is 0 Å². The van der Waals surface area contributed by atoms with Crippen LogP contribution in [0.15, 0.2) is 59.6 Å². The van der Waals surface area contributed by atoms with Gasteiger partial charge in [0, 0.05) is 19.4 Å². The largest absolute Gasteiger partial charge is 0.508 e. The topological polar surface area (TPSA) is 235 Å². The monoisotopic (exact) mass is 597 g/mol. The first-order valence-corrected chi connectivity index (χ1v) is 14.1. The summed E-state index contributed by atoms with van der Waals surface area (Å²) < 4.78 is 0. The van der Waals surface area contributed by atoms with Crippen molar-refractivity contribution in [3.05, 3.63) is 65.7 Å². The highest BCUT2D eigenvalue weighted by Crippen LogP contribution is 2.13. The summed E-state index contributed by atoms with van der Waals surface area (Å²) in [4.78, 5) is 55.7. The van der Waals surface area contributed by atoms with Gasteiger partial charge in [0.25, 0.3) is 0 Å². The van der Waals surface area contributed by atoms with Crippen molar-refractivity contribution in [2.24, 2.45) is 28.1 Å². The molecule has 0 aromatic heterocycles. The van der Waals surface area contributed by atoms with Gasteiger partial charge in [-0.05, 0) is 48.4 Å². The molecule has 2 aromatic carbocycles. The molecule has 11 N–H and O–H groups in total. The number of carbonyl (C=O) groups is 4. The maximum atomic E-state index is 13.6. The Morgan fingerprint density at radius 1 is 0.791 bits per heavy atom. The smallest absolute Gasteiger partial charge is 0.326 e. The number of nitrogens with one attached hydrogen (secondary N) is 3. The molecule has 0 aliphatic rings. The Bertz CT molecular complexity index is 1230. The number of phenolic OH excluding ortho intramolecular Hbond substituents is 1. The second-order valence-corrected chi connectivity index (χ2v) is 10.8. The lowest BCUT2D eigenvalue weighted by atomic mass is 10.0. The van der Waals surface area contributed by atoms with E-state index in [2.05, 4.69) is 20.9 Å². The number of rotatable bonds is 17. The number of aliphatic imine (C=N–C) groups is 1. The number of nitrogens with two attached hydrogens (primary N) is 3. The summed E-state index contributed by atoms with van der Waals surface area (Å²) in [5.74, 6) is -3.11. The lowest BCUT2D eigenvalue weighted by Gasteiger charge is -2.25. The number of amides is 3. The normalized spacial score (nSPS) is 13.7. The van der Waals surface area contributed by atoms with E-state index in [1.165, 1.54) is 12.1 Å². The van der Waals surface area contributed by atoms with Crippen molar-refractivity contribution in [1.29, 1.82) is 0 Å². The maximum Gasteiger partial charge on any atom is 0.326 e. The summed E-state index contributed by atoms with van der Waals surface area (Å²) in [7, 11) is 0. The molecule has 0 aliphatic carbocycles. The highest BCUT2D eigenvalue weighted by Gasteiger charge is 2.30. The van der Waals surface area contributed by atoms with Crippen molar-refractivity contribution in [2.45, 2.75) is 70.1 Å². The maximum absolute atomic E-state index is 13.6. The highest BCUT2D eigenvalue weighted by atomic mass is 16.4. The summed E-state index contributed by atoms with van der Waals surface area (Å²) in [6.07, 6.45) is 0.844. The van der Waals surface area contributed by atoms with Gasteiger partial charge in [-0.3, -0.25) is 19.4 Å². The van der Waals surface area contributed by atoms with E-state index in [4.69, 9.17) is 17.2 Å². The summed E-state index contributed by atoms with van der Waals surface area (Å²) in [5.41, 5.74) is 18.2. The fourth-order valence-electron chi connectivity index (χ4n) is 4.34. The molecule has 0 heterocycles. The summed E-state index contributed by atoms with van der Waals surface area (Å²) >= 11 is 0. The number of carboxylic acids is 1. The third-order valence-electron chi connectivity index (χ3n) is 6.55. The molecule has 43 heavy (non-hydrogen) atoms. The summed E-state index contributed by atoms with van der Waals surface area (Å²) in [5, 5.41) is 27.3. The molecule has 0 aliphatic heterocycles. The SMILES string of the molecule is CC(C)CC(N)C(=O)NC(Cc1ccc(O)cc1)C(=O)NC(CCCN=C(N)N)C(=O)NC(Cc1ccccc1)C(=O)O. The van der Waals surface area contributed by atoms with Gasteiger partial charge in [-0.1, -0.05) is 56.3 Å². The molecule has 13 heteroatoms. The molecule has 2 rings (SSSR count). The lowest BCUT2D eigenvalue weighted by molar-refractivity contribution is -0.142. The van der Waals surface area contributed by atoms with Crippen molar-refractivity contribution in [2.75, 3.05) is 6.54 Å². The van der Waals surface area contributed by atoms with Crippen molar-refractivity contribution in [3.8, 4) is 5.75 Å². The average molecular weight is 598 g/mol. The first kappa shape index (κ1) is 34.6. The number of benzene rings is 2. The van der Waals surface area contributed by atoms with E-state index in [9.17, 15) is 29.4 Å². The van der Waals surface area contributed by atoms with Gasteiger partial charge < -0.3 is 43.4 Å². The van der Waals surface area contributed by atoms with E-state index in [-0.39, 0.29) is 43.4 Å². The minimum absolute atomic E-state index is 0.0316. The molecule has 0 saturated heterocycles. The molecule has 234 valence electrons. The molecule has 3 amide bonds. The predicted octanol–water partition coefficient (Wildman–Crippen LogP) is 0.143. The lowest BCUT2D eigenvalue weighted by Crippen LogP contribution is -2.57. The van der Waals surface area contributed by atoms with Crippen LogP contribution in [0.5, 0.6) is 5.75 Å². The summed E-state index contributed by atoms with van der Waals surface area (Å²) in [6.45, 7) is 4.01. The van der Waals surface area contributed by atoms with E-state index in [0.29, 0.717) is 24.0 Å². The molecular formula is C30H43N7O6. The number of carboxylic acid groups (broad SMARTS) is 1. The fourth-order valence-corrected chi connectivity index (χ4v) is 4.34. The van der Waals surface area contributed by atoms with Crippen LogP contribution in [0, 0.1) is 5.92 Å². The first-order chi connectivity index (χ1) is 20.3. The third-order valence-corrected chi connectivity index (χ3v) is 6.55. The molecule has 0 fully saturated rings. The second kappa shape index (κ2) is 17.3. The molecule has 0 radical (unpaired) electrons. The first-order valence-electron chi connectivity index (χ1n) is 14.1. The van der Waals surface area contributed by atoms with Gasteiger partial charge in [-0.15, -0.1) is 0 Å². The van der Waals surface area contributed by atoms with Gasteiger partial charge in [-0.25, -0.2) is 4.79 Å². The molecule has 4 atom stereocenters. The average Bonchev–Trinajstić information content (AvgIpc) is 2.94. The molecule has 0 saturated carbocycles. The number of phenols is 1. The number of aliphatic carboxylic acids is 1. The zero-order valence-corrected chi connectivity index (χ0v) is 24.5. The van der Waals surface area contributed by atoms with Gasteiger partial charge in [0.05, 0.1) is 6.04 Å². The Balaban J connectivity index is 2.27. The minimum Gasteiger partial charge on any atom is -0.508 e. The fraction of sp³-hybridized carbons (Fsp3) is 0.433. The molecule has 4 unspecified atom stereocenters. The van der Waals surface area contributed by atoms with Crippen LogP contribution in [0.3, 0.4) is 0 Å². The molecular weight excluding hydrogens is 554 g/mol. The number of hydrogen-bond acceptors (Lipinski definition) is 7. The molecule has 2 aromatic rings. The van der Waals surface area contributed by atoms with E-state index < -0.39 is 47.9 Å². The third kappa shape index (κ3) is 12.8. The van der Waals surface area contributed by atoms with Crippen molar-refractivity contribution >= 4 is 29.7 Å². The van der Waals surface area contributed by atoms with Crippen LogP contribution in [-0.2, 0) is 32.0 Å². The number of hydrogen-bond donors (Lipinski definition) is 8. The standard InChI is InChI=1S/C30H43N7O6/c1-18(2)15-22(31)26(39)36-24(16-20-10-12-21(38)13-11-20)28(41)35-23(9-6-14-34-30(32)33)27(40)37-25(29(42)43)17-19-7-4-3-5-8-19/h3-5,7-8,10-13,18,22-25,38H,6,9,14-17,31H2,1-2H3,(H,35,41)(H,36,39)(H,37,40)(H,42,43)(H4,32,33,34). The number of guanidine groups is 1. The minimum atomic E-state index is -1.26. The van der Waals surface area contributed by atoms with Crippen molar-refractivity contribution in [3.63, 3.8) is 0 Å². The van der Waals surface area contributed by atoms with Crippen LogP contribution in [-0.4, -0.2) is 70.6 Å². The quantitative estimate of drug-likeness (QED) is 0.0702. The van der Waals surface area contributed by atoms with Gasteiger partial charge in [-0.2, -0.15) is 0 Å². The van der Waals surface area contributed by atoms with Crippen molar-refractivity contribution < 1.29 is 29.4 Å². The Kier molecular flexibility index (Phi) is 13.9. The van der Waals surface area contributed by atoms with Crippen molar-refractivity contribution in [1.82, 2.24) is 16.0 Å². The zero-order chi connectivity index (χ0) is 31.9. The molecule has 0 bridgehead atoms. The van der Waals surface area contributed by atoms with E-state index in [1.54, 1.807) is 42.5 Å². The molecule has 0 spiro atoms. The van der Waals surface area contributed by atoms with Crippen LogP contribution < -0.4 is 33.2 Å². The summed E-state index contributed by atoms with van der Waals surface area (Å²) in [6, 6.07) is 10.5. The van der Waals surface area contributed by atoms with Crippen LogP contribution in [0.25, 0.3) is 0 Å². The van der Waals surface area contributed by atoms with E-state index >= 15 is 0 Å². The number of carbonyl (C=O) groups excluding carboxylic acids is 3. The Labute approximate surface area is 251 Å². The van der Waals surface area contributed by atoms with Crippen LogP contribution >= 0.6 is 0 Å². The highest BCUT2D eigenvalue weighted by molar-refractivity contribution is 5.94. The van der Waals surface area contributed by atoms with Crippen LogP contribution in [0.1, 0.15) is 44.2 Å². The van der Waals surface area contributed by atoms with Crippen LogP contribution in [0.2, 0.25) is 0 Å². The van der Waals surface area contributed by atoms with Gasteiger partial charge in [0.1, 0.15) is 23.9 Å². The Morgan fingerprint density at radius 3 is 1.91 bits per heavy atom. The van der Waals surface area contributed by atoms with Gasteiger partial charge >= 0.3 is 5.97 Å². The van der Waals surface area contributed by atoms with E-state index in [0.717, 1.165) is 0 Å². The Hall–Kier alpha value is -4.65. The number of aromatic hydroxyl groups is 1. The van der Waals surface area contributed by atoms with Gasteiger partial charge in [0.15, 0.2) is 5.96 Å². The molecule has 13 nitrogen and oxygen atoms in total. The Morgan fingerprint density at radius 2 is 1.33 bits per heavy atom. The van der Waals surface area contributed by atoms with Gasteiger partial charge in [0.2, 0.25) is 17.7 Å². The zero-order valence-electron chi connectivity index (χ0n) is 24.5. The predicted molar refractivity (Wildman–Crippen MR) is 163 cm³/mol. The van der Waals surface area contributed by atoms with E-state index in [1.807, 2.05) is 13.8 Å². The second-order valence-electron chi connectivity index (χ2n) is 10.8. The number of nitrogens with zero attached hydrogens (tertiary/aromatic N) is 1.